The molecule has 0 radical (unpaired) electrons. The number of nitrogens with one attached hydrogen (secondary N) is 1. The zero-order valence-electron chi connectivity index (χ0n) is 12.3. The Labute approximate surface area is 125 Å². The molecule has 2 aliphatic heterocycles. The Morgan fingerprint density at radius 2 is 2.00 bits per heavy atom. The van der Waals surface area contributed by atoms with Gasteiger partial charge in [0, 0.05) is 11.8 Å². The minimum absolute atomic E-state index is 0.0621. The fourth-order valence-electron chi connectivity index (χ4n) is 3.45. The van der Waals surface area contributed by atoms with Crippen LogP contribution in [0.2, 0.25) is 0 Å². The van der Waals surface area contributed by atoms with Crippen LogP contribution in [0.5, 0.6) is 0 Å². The van der Waals surface area contributed by atoms with E-state index in [0.29, 0.717) is 5.92 Å². The number of carbonyl (C=O) groups excluding carboxylic acids is 2. The van der Waals surface area contributed by atoms with E-state index >= 15 is 0 Å². The summed E-state index contributed by atoms with van der Waals surface area (Å²) in [4.78, 5) is 27.3. The second kappa shape index (κ2) is 5.58. The van der Waals surface area contributed by atoms with E-state index in [4.69, 9.17) is 0 Å². The fraction of sp³-hybridized carbons (Fsp3) is 0.867. The molecule has 1 aliphatic carbocycles. The average Bonchev–Trinajstić information content (AvgIpc) is 3.25. The van der Waals surface area contributed by atoms with Gasteiger partial charge in [-0.25, -0.2) is 0 Å². The molecule has 0 aromatic carbocycles. The van der Waals surface area contributed by atoms with Crippen molar-refractivity contribution >= 4 is 23.6 Å². The Morgan fingerprint density at radius 1 is 1.25 bits per heavy atom. The molecule has 0 aromatic heterocycles. The van der Waals surface area contributed by atoms with Crippen molar-refractivity contribution in [2.24, 2.45) is 11.8 Å². The highest BCUT2D eigenvalue weighted by molar-refractivity contribution is 7.99. The second-order valence-electron chi connectivity index (χ2n) is 6.63. The van der Waals surface area contributed by atoms with Crippen molar-refractivity contribution in [3.8, 4) is 0 Å². The van der Waals surface area contributed by atoms with E-state index in [-0.39, 0.29) is 35.9 Å². The summed E-state index contributed by atoms with van der Waals surface area (Å²) in [6, 6.07) is -0.272. The van der Waals surface area contributed by atoms with Crippen molar-refractivity contribution in [1.29, 1.82) is 0 Å². The van der Waals surface area contributed by atoms with Crippen molar-refractivity contribution in [3.05, 3.63) is 0 Å². The van der Waals surface area contributed by atoms with Crippen LogP contribution in [-0.2, 0) is 9.59 Å². The molecule has 20 heavy (non-hydrogen) atoms. The van der Waals surface area contributed by atoms with Gasteiger partial charge < -0.3 is 10.2 Å². The van der Waals surface area contributed by atoms with Gasteiger partial charge in [0.2, 0.25) is 11.8 Å². The first-order valence-electron chi connectivity index (χ1n) is 7.80. The highest BCUT2D eigenvalue weighted by Crippen LogP contribution is 2.37. The molecule has 2 saturated heterocycles. The van der Waals surface area contributed by atoms with Crippen molar-refractivity contribution in [2.45, 2.75) is 57.7 Å². The molecule has 2 heterocycles. The molecule has 3 atom stereocenters. The SMILES string of the molecule is CC(C)C1C(=O)NC(C2CC2)C(=O)N1C1CCCSC1. The normalized spacial score (nSPS) is 35.4. The van der Waals surface area contributed by atoms with Crippen LogP contribution in [0.25, 0.3) is 0 Å². The number of carbonyl (C=O) groups is 2. The van der Waals surface area contributed by atoms with Crippen molar-refractivity contribution in [3.63, 3.8) is 0 Å². The topological polar surface area (TPSA) is 49.4 Å². The molecule has 3 unspecified atom stereocenters. The Hall–Kier alpha value is -0.710. The molecule has 112 valence electrons. The Kier molecular flexibility index (Phi) is 3.98. The van der Waals surface area contributed by atoms with Gasteiger partial charge >= 0.3 is 0 Å². The van der Waals surface area contributed by atoms with Crippen LogP contribution < -0.4 is 5.32 Å². The molecule has 0 spiro atoms. The highest BCUT2D eigenvalue weighted by Gasteiger charge is 2.49. The number of hydrogen-bond acceptors (Lipinski definition) is 3. The van der Waals surface area contributed by atoms with E-state index in [9.17, 15) is 9.59 Å². The Bertz CT molecular complexity index is 403. The standard InChI is InChI=1S/C15H24N2O2S/c1-9(2)13-14(18)16-12(10-5-6-10)15(19)17(13)11-4-3-7-20-8-11/h9-13H,3-8H2,1-2H3,(H,16,18). The predicted octanol–water partition coefficient (Wildman–Crippen LogP) is 1.64. The Balaban J connectivity index is 1.85. The Morgan fingerprint density at radius 3 is 2.55 bits per heavy atom. The van der Waals surface area contributed by atoms with Crippen LogP contribution in [-0.4, -0.2) is 46.3 Å². The molecule has 3 fully saturated rings. The van der Waals surface area contributed by atoms with E-state index in [1.165, 1.54) is 5.75 Å². The third kappa shape index (κ3) is 2.57. The van der Waals surface area contributed by atoms with E-state index < -0.39 is 0 Å². The smallest absolute Gasteiger partial charge is 0.246 e. The minimum Gasteiger partial charge on any atom is -0.342 e. The summed E-state index contributed by atoms with van der Waals surface area (Å²) in [6.07, 6.45) is 4.36. The zero-order chi connectivity index (χ0) is 14.3. The summed E-state index contributed by atoms with van der Waals surface area (Å²) >= 11 is 1.91. The summed E-state index contributed by atoms with van der Waals surface area (Å²) in [6.45, 7) is 4.08. The lowest BCUT2D eigenvalue weighted by atomic mass is 9.93. The first-order chi connectivity index (χ1) is 9.59. The van der Waals surface area contributed by atoms with Crippen LogP contribution in [0.15, 0.2) is 0 Å². The first kappa shape index (κ1) is 14.2. The largest absolute Gasteiger partial charge is 0.342 e. The van der Waals surface area contributed by atoms with Crippen molar-refractivity contribution in [2.75, 3.05) is 11.5 Å². The van der Waals surface area contributed by atoms with Gasteiger partial charge in [-0.3, -0.25) is 9.59 Å². The summed E-state index contributed by atoms with van der Waals surface area (Å²) < 4.78 is 0. The molecule has 0 aromatic rings. The quantitative estimate of drug-likeness (QED) is 0.861. The van der Waals surface area contributed by atoms with Gasteiger partial charge in [-0.2, -0.15) is 11.8 Å². The zero-order valence-corrected chi connectivity index (χ0v) is 13.1. The molecule has 0 bridgehead atoms. The maximum absolute atomic E-state index is 12.9. The van der Waals surface area contributed by atoms with Crippen LogP contribution in [0.4, 0.5) is 0 Å². The van der Waals surface area contributed by atoms with Gasteiger partial charge in [-0.15, -0.1) is 0 Å². The minimum atomic E-state index is -0.277. The molecule has 4 nitrogen and oxygen atoms in total. The van der Waals surface area contributed by atoms with Gasteiger partial charge in [0.15, 0.2) is 0 Å². The van der Waals surface area contributed by atoms with E-state index in [0.717, 1.165) is 31.4 Å². The summed E-state index contributed by atoms with van der Waals surface area (Å²) in [5.41, 5.74) is 0. The molecule has 1 saturated carbocycles. The molecule has 3 rings (SSSR count). The second-order valence-corrected chi connectivity index (χ2v) is 7.78. The predicted molar refractivity (Wildman–Crippen MR) is 80.5 cm³/mol. The van der Waals surface area contributed by atoms with Gasteiger partial charge in [-0.1, -0.05) is 13.8 Å². The van der Waals surface area contributed by atoms with E-state index in [1.807, 2.05) is 30.5 Å². The first-order valence-corrected chi connectivity index (χ1v) is 8.95. The molecule has 3 aliphatic rings. The molecular formula is C15H24N2O2S. The summed E-state index contributed by atoms with van der Waals surface area (Å²) in [5.74, 6) is 2.97. The lowest BCUT2D eigenvalue weighted by Gasteiger charge is -2.46. The molecule has 1 N–H and O–H groups in total. The van der Waals surface area contributed by atoms with Gasteiger partial charge in [0.1, 0.15) is 12.1 Å². The van der Waals surface area contributed by atoms with Crippen molar-refractivity contribution in [1.82, 2.24) is 10.2 Å². The maximum Gasteiger partial charge on any atom is 0.246 e. The van der Waals surface area contributed by atoms with Crippen LogP contribution in [0, 0.1) is 11.8 Å². The lowest BCUT2D eigenvalue weighted by Crippen LogP contribution is -2.68. The maximum atomic E-state index is 12.9. The number of amides is 2. The fourth-order valence-corrected chi connectivity index (χ4v) is 4.58. The van der Waals surface area contributed by atoms with Crippen LogP contribution in [0.3, 0.4) is 0 Å². The van der Waals surface area contributed by atoms with Gasteiger partial charge in [-0.05, 0) is 43.3 Å². The summed E-state index contributed by atoms with van der Waals surface area (Å²) in [5, 5.41) is 2.99. The van der Waals surface area contributed by atoms with E-state index in [2.05, 4.69) is 5.32 Å². The number of nitrogens with zero attached hydrogens (tertiary/aromatic N) is 1. The van der Waals surface area contributed by atoms with Crippen molar-refractivity contribution < 1.29 is 9.59 Å². The van der Waals surface area contributed by atoms with E-state index in [1.54, 1.807) is 0 Å². The monoisotopic (exact) mass is 296 g/mol. The number of hydrogen-bond donors (Lipinski definition) is 1. The molecule has 2 amide bonds. The number of rotatable bonds is 3. The third-order valence-electron chi connectivity index (χ3n) is 4.64. The highest BCUT2D eigenvalue weighted by atomic mass is 32.2. The lowest BCUT2D eigenvalue weighted by molar-refractivity contribution is -0.154. The molecular weight excluding hydrogens is 272 g/mol. The third-order valence-corrected chi connectivity index (χ3v) is 5.84. The van der Waals surface area contributed by atoms with Crippen LogP contribution in [0.1, 0.15) is 39.5 Å². The molecule has 5 heteroatoms. The number of piperazine rings is 1. The average molecular weight is 296 g/mol. The number of thioether (sulfide) groups is 1. The van der Waals surface area contributed by atoms with Gasteiger partial charge in [0.25, 0.3) is 0 Å². The summed E-state index contributed by atoms with van der Waals surface area (Å²) in [7, 11) is 0. The van der Waals surface area contributed by atoms with Gasteiger partial charge in [0.05, 0.1) is 0 Å². The van der Waals surface area contributed by atoms with Crippen LogP contribution >= 0.6 is 11.8 Å².